The number of halogens is 5. The van der Waals surface area contributed by atoms with Crippen LogP contribution >= 0.6 is 67.1 Å². The van der Waals surface area contributed by atoms with Gasteiger partial charge in [-0.2, -0.15) is 0 Å². The lowest BCUT2D eigenvalue weighted by molar-refractivity contribution is -0.137. The number of benzene rings is 3. The molecule has 10 rings (SSSR count). The van der Waals surface area contributed by atoms with Gasteiger partial charge in [0.25, 0.3) is 0 Å². The number of carbonyl (C=O) groups is 6. The Hall–Kier alpha value is -4.79. The van der Waals surface area contributed by atoms with Crippen molar-refractivity contribution in [1.29, 1.82) is 0 Å². The van der Waals surface area contributed by atoms with Gasteiger partial charge in [0.1, 0.15) is 68.7 Å². The number of carboxylic acids is 1. The molecule has 7 aliphatic rings. The molecule has 638 valence electrons. The highest BCUT2D eigenvalue weighted by Crippen LogP contribution is 2.69. The normalized spacial score (nSPS) is 26.3. The molecular formula is C80H120BBr2F3N8O15S3Si3. The summed E-state index contributed by atoms with van der Waals surface area (Å²) in [6.07, 6.45) is -0.679. The Morgan fingerprint density at radius 3 is 1.06 bits per heavy atom. The fourth-order valence-corrected chi connectivity index (χ4v) is 21.5. The SMILES string of the molecule is CC(C)(C)OC(=O)N(COCC[Si](C)(C)C)C1=N[C@](C)(c2cc(Br)ccc2F)[C@@H]2C[C@]2(C(=O)O)S1.CNC(=O)[C@]12C[C@H]1[C@@](C)(c1cc(B3OC(C)(C)C(C)(C)O3)ccc1F)N=C(N(COCC[Si](C)(C)C)C(=O)OC(C)(C)C)S2.CNC(=O)[C@]12C[C@H]1[C@@](C)(c1cc(Br)ccc1F)N=C(N(COCC[Si](C)(C)C)C(=O)OC(C)(C)C)S2. The van der Waals surface area contributed by atoms with Crippen LogP contribution in [0.15, 0.2) is 78.5 Å². The Morgan fingerprint density at radius 1 is 0.496 bits per heavy atom. The third-order valence-electron chi connectivity index (χ3n) is 21.3. The number of hydrogen-bond donors (Lipinski definition) is 3. The number of carbonyl (C=O) groups excluding carboxylic acids is 5. The zero-order valence-electron chi connectivity index (χ0n) is 72.0. The van der Waals surface area contributed by atoms with Gasteiger partial charge in [-0.3, -0.25) is 29.4 Å². The topological polar surface area (TPSA) is 267 Å². The molecule has 9 atom stereocenters. The third kappa shape index (κ3) is 22.7. The third-order valence-corrected chi connectivity index (χ3v) is 31.9. The molecule has 3 aromatic rings. The number of amidine groups is 3. The summed E-state index contributed by atoms with van der Waals surface area (Å²) >= 11 is 10.3. The Bertz CT molecular complexity index is 4260. The van der Waals surface area contributed by atoms with Crippen molar-refractivity contribution in [3.63, 3.8) is 0 Å². The first-order valence-electron chi connectivity index (χ1n) is 38.9. The first kappa shape index (κ1) is 95.7. The fourth-order valence-electron chi connectivity index (χ4n) is 13.7. The van der Waals surface area contributed by atoms with Crippen LogP contribution in [0.1, 0.15) is 147 Å². The number of ether oxygens (including phenoxy) is 6. The lowest BCUT2D eigenvalue weighted by Gasteiger charge is -2.37. The zero-order valence-corrected chi connectivity index (χ0v) is 80.6. The standard InChI is InChI=1S/C31H49BFN3O6SSi.C25H37BrFN3O4SSi.C24H34BrFN2O5SSi/c1-27(2,3)40-26(38)36(19-39-15-16-44(10,11)12)25-35-30(8,23-18-31(23,43-25)24(37)34-9)21-17-20(13-14-22(21)33)32-41-28(4,5)29(6,7)42-32;1-23(2,3)34-22(32)30(15-33-11-12-36(6,7)8)21-29-24(4,17-13-16(26)9-10-18(17)27)19-14-25(19,35-21)20(31)28-5;1-22(2,3)33-21(31)28(14-32-10-11-35(5,6)7)20-27-23(4,16-12-15(25)8-9-17(16)26)18-13-24(18,34-20)19(29)30/h13-14,17,23H,15-16,18-19H2,1-12H3,(H,34,37);9-10,13,19H,11-12,14-15H2,1-8H3,(H,28,31);8-9,12,18H,10-11,13-14H2,1-7H3,(H,29,30)/t23-,30+,31-;19-,24+,25-;18-,23+,24-/m000/s1. The summed E-state index contributed by atoms with van der Waals surface area (Å²) in [5.41, 5.74) is -5.28. The van der Waals surface area contributed by atoms with Crippen molar-refractivity contribution < 1.29 is 84.8 Å². The quantitative estimate of drug-likeness (QED) is 0.0365. The highest BCUT2D eigenvalue weighted by atomic mass is 79.9. The molecule has 3 aromatic carbocycles. The minimum Gasteiger partial charge on any atom is -0.480 e. The summed E-state index contributed by atoms with van der Waals surface area (Å²) in [5, 5.41) is 16.4. The number of amides is 5. The highest BCUT2D eigenvalue weighted by Gasteiger charge is 2.74. The van der Waals surface area contributed by atoms with Crippen LogP contribution in [0, 0.1) is 35.2 Å². The largest absolute Gasteiger partial charge is 0.494 e. The van der Waals surface area contributed by atoms with E-state index in [1.165, 1.54) is 56.4 Å². The summed E-state index contributed by atoms with van der Waals surface area (Å²) in [6.45, 7) is 50.5. The molecule has 0 spiro atoms. The molecule has 5 amide bonds. The summed E-state index contributed by atoms with van der Waals surface area (Å²) in [7, 11) is -1.63. The number of nitrogens with zero attached hydrogens (tertiary/aromatic N) is 6. The summed E-state index contributed by atoms with van der Waals surface area (Å²) in [4.78, 5) is 97.8. The van der Waals surface area contributed by atoms with Crippen LogP contribution in [0.5, 0.6) is 0 Å². The molecule has 115 heavy (non-hydrogen) atoms. The number of fused-ring (bicyclic) bond motifs is 3. The van der Waals surface area contributed by atoms with E-state index >= 15 is 13.2 Å². The van der Waals surface area contributed by atoms with Crippen LogP contribution in [0.25, 0.3) is 0 Å². The van der Waals surface area contributed by atoms with Crippen molar-refractivity contribution in [3.05, 3.63) is 97.7 Å². The maximum Gasteiger partial charge on any atom is 0.494 e. The van der Waals surface area contributed by atoms with Crippen LogP contribution in [-0.4, -0.2) is 199 Å². The van der Waals surface area contributed by atoms with E-state index in [1.807, 2.05) is 41.5 Å². The monoisotopic (exact) mass is 1840 g/mol. The maximum atomic E-state index is 15.9. The van der Waals surface area contributed by atoms with Gasteiger partial charge in [0.05, 0.1) is 27.8 Å². The van der Waals surface area contributed by atoms with Crippen LogP contribution in [-0.2, 0) is 68.7 Å². The molecule has 4 heterocycles. The van der Waals surface area contributed by atoms with Gasteiger partial charge in [0.15, 0.2) is 15.5 Å². The van der Waals surface area contributed by atoms with Crippen molar-refractivity contribution in [2.75, 3.05) is 54.1 Å². The molecule has 1 saturated heterocycles. The van der Waals surface area contributed by atoms with Crippen molar-refractivity contribution in [3.8, 4) is 0 Å². The predicted molar refractivity (Wildman–Crippen MR) is 467 cm³/mol. The van der Waals surface area contributed by atoms with E-state index in [4.69, 9.17) is 52.7 Å². The number of rotatable bonds is 22. The van der Waals surface area contributed by atoms with Gasteiger partial charge in [-0.05, 0) is 196 Å². The van der Waals surface area contributed by atoms with E-state index in [2.05, 4.69) is 101 Å². The van der Waals surface area contributed by atoms with Crippen molar-refractivity contribution in [1.82, 2.24) is 25.3 Å². The summed E-state index contributed by atoms with van der Waals surface area (Å²) < 4.78 is 91.7. The molecule has 0 bridgehead atoms. The molecule has 23 nitrogen and oxygen atoms in total. The van der Waals surface area contributed by atoms with E-state index < -0.39 is 138 Å². The summed E-state index contributed by atoms with van der Waals surface area (Å²) in [6, 6.07) is 16.8. The lowest BCUT2D eigenvalue weighted by atomic mass is 9.75. The fraction of sp³-hybridized carbons (Fsp3) is 0.662. The molecule has 3 aliphatic carbocycles. The zero-order chi connectivity index (χ0) is 86.6. The van der Waals surface area contributed by atoms with Crippen LogP contribution in [0.2, 0.25) is 77.1 Å². The van der Waals surface area contributed by atoms with Crippen molar-refractivity contribution >= 4 is 156 Å². The van der Waals surface area contributed by atoms with Gasteiger partial charge in [0.2, 0.25) is 11.8 Å². The number of thioether (sulfide) groups is 3. The van der Waals surface area contributed by atoms with E-state index in [-0.39, 0.29) is 64.9 Å². The molecule has 0 radical (unpaired) electrons. The maximum absolute atomic E-state index is 15.9. The molecule has 4 fully saturated rings. The lowest BCUT2D eigenvalue weighted by Crippen LogP contribution is -2.48. The van der Waals surface area contributed by atoms with Crippen molar-refractivity contribution in [2.24, 2.45) is 32.7 Å². The number of hydrogen-bond acceptors (Lipinski definition) is 20. The van der Waals surface area contributed by atoms with Crippen LogP contribution < -0.4 is 16.1 Å². The number of aliphatic imine (C=N–C) groups is 3. The molecule has 0 aromatic heterocycles. The second kappa shape index (κ2) is 35.0. The Balaban J connectivity index is 0.000000218. The molecule has 35 heteroatoms. The van der Waals surface area contributed by atoms with Gasteiger partial charge < -0.3 is 53.5 Å². The van der Waals surface area contributed by atoms with Gasteiger partial charge in [-0.15, -0.1) is 0 Å². The Morgan fingerprint density at radius 2 is 0.774 bits per heavy atom. The minimum absolute atomic E-state index is 0.0727. The molecular weight excluding hydrogens is 1720 g/mol. The van der Waals surface area contributed by atoms with Gasteiger partial charge >= 0.3 is 31.4 Å². The average molecular weight is 1840 g/mol. The molecule has 0 unspecified atom stereocenters. The molecule has 3 N–H and O–H groups in total. The number of aliphatic carboxylic acids is 1. The van der Waals surface area contributed by atoms with Crippen LogP contribution in [0.3, 0.4) is 0 Å². The molecule has 3 saturated carbocycles. The Labute approximate surface area is 711 Å². The first-order chi connectivity index (χ1) is 52.6. The molecule has 4 aliphatic heterocycles. The summed E-state index contributed by atoms with van der Waals surface area (Å²) in [5.74, 6) is -3.72. The number of carboxylic acid groups (broad SMARTS) is 1. The first-order valence-corrected chi connectivity index (χ1v) is 54.1. The number of nitrogens with one attached hydrogen (secondary N) is 2. The second-order valence-corrected chi connectivity index (χ2v) is 61.3. The minimum atomic E-state index is -1.39. The highest BCUT2D eigenvalue weighted by molar-refractivity contribution is 9.10. The van der Waals surface area contributed by atoms with Crippen molar-refractivity contribution in [2.45, 2.75) is 266 Å². The second-order valence-electron chi connectivity index (χ2n) is 38.7. The van der Waals surface area contributed by atoms with Gasteiger partial charge in [-0.25, -0.2) is 42.3 Å². The van der Waals surface area contributed by atoms with E-state index in [1.54, 1.807) is 120 Å². The smallest absolute Gasteiger partial charge is 0.480 e. The predicted octanol–water partition coefficient (Wildman–Crippen LogP) is 17.8. The van der Waals surface area contributed by atoms with E-state index in [0.717, 1.165) is 29.9 Å². The van der Waals surface area contributed by atoms with Gasteiger partial charge in [0, 0.05) is 102 Å². The Kier molecular flexibility index (Phi) is 29.1. The average Bonchev–Trinajstić information content (AvgIpc) is 1.54. The van der Waals surface area contributed by atoms with Gasteiger partial charge in [-0.1, -0.05) is 138 Å². The van der Waals surface area contributed by atoms with E-state index in [0.29, 0.717) is 64.6 Å². The van der Waals surface area contributed by atoms with E-state index in [9.17, 15) is 33.9 Å². The van der Waals surface area contributed by atoms with Crippen LogP contribution in [0.4, 0.5) is 27.6 Å².